The summed E-state index contributed by atoms with van der Waals surface area (Å²) in [5.41, 5.74) is 0. The fourth-order valence-corrected chi connectivity index (χ4v) is 5.74. The number of rotatable bonds is 35. The summed E-state index contributed by atoms with van der Waals surface area (Å²) in [6, 6.07) is -0.765. The zero-order chi connectivity index (χ0) is 34.5. The molecule has 274 valence electrons. The van der Waals surface area contributed by atoms with E-state index in [-0.39, 0.29) is 18.9 Å². The number of carbonyl (C=O) groups excluding carboxylic acids is 1. The molecular weight excluding hydrogens is 582 g/mol. The molecule has 0 aromatic rings. The van der Waals surface area contributed by atoms with Crippen molar-refractivity contribution in [3.63, 3.8) is 0 Å². The van der Waals surface area contributed by atoms with Crippen LogP contribution in [0.5, 0.6) is 0 Å². The molecule has 0 bridgehead atoms. The van der Waals surface area contributed by atoms with Gasteiger partial charge in [-0.2, -0.15) is 0 Å². The van der Waals surface area contributed by atoms with E-state index in [0.29, 0.717) is 6.42 Å². The van der Waals surface area contributed by atoms with Crippen LogP contribution in [-0.2, 0) is 4.79 Å². The van der Waals surface area contributed by atoms with Crippen molar-refractivity contribution in [1.29, 1.82) is 0 Å². The second-order valence-electron chi connectivity index (χ2n) is 13.5. The monoisotopic (exact) mass is 660 g/mol. The number of carbonyl (C=O) groups is 1. The number of aliphatic hydroxyl groups excluding tert-OH is 3. The standard InChI is InChI=1S/C42H77NO4/c1-3-5-7-9-11-13-15-17-19-20-22-24-26-28-30-32-34-36-41(46)40(38-44)43-42(47)37-39(45)35-33-31-29-27-25-23-21-18-16-14-12-10-8-6-4-2/h12,14,18,21,26,28,34,36,39-41,44-46H,3-11,13,15-17,19-20,22-25,27,29-33,35,37-38H2,1-2H3,(H,43,47)/b14-12-,21-18-,28-26+,36-34+. The number of nitrogens with one attached hydrogen (secondary N) is 1. The number of hydrogen-bond acceptors (Lipinski definition) is 4. The third-order valence-corrected chi connectivity index (χ3v) is 8.84. The Hall–Kier alpha value is -1.69. The van der Waals surface area contributed by atoms with Crippen molar-refractivity contribution < 1.29 is 20.1 Å². The maximum Gasteiger partial charge on any atom is 0.222 e. The first-order valence-corrected chi connectivity index (χ1v) is 19.9. The van der Waals surface area contributed by atoms with Crippen molar-refractivity contribution in [1.82, 2.24) is 5.32 Å². The first kappa shape index (κ1) is 45.3. The first-order valence-electron chi connectivity index (χ1n) is 19.9. The van der Waals surface area contributed by atoms with Gasteiger partial charge in [0.25, 0.3) is 0 Å². The quantitative estimate of drug-likeness (QED) is 0.0402. The molecule has 0 radical (unpaired) electrons. The van der Waals surface area contributed by atoms with Crippen LogP contribution in [0, 0.1) is 0 Å². The van der Waals surface area contributed by atoms with Crippen LogP contribution in [-0.4, -0.2) is 46.1 Å². The predicted octanol–water partition coefficient (Wildman–Crippen LogP) is 11.0. The Bertz CT molecular complexity index is 775. The van der Waals surface area contributed by atoms with Crippen LogP contribution in [0.25, 0.3) is 0 Å². The van der Waals surface area contributed by atoms with Crippen LogP contribution in [0.3, 0.4) is 0 Å². The summed E-state index contributed by atoms with van der Waals surface area (Å²) in [6.45, 7) is 4.15. The maximum absolute atomic E-state index is 12.4. The summed E-state index contributed by atoms with van der Waals surface area (Å²) in [5, 5.41) is 33.1. The Kier molecular flexibility index (Phi) is 35.8. The highest BCUT2D eigenvalue weighted by Gasteiger charge is 2.20. The molecule has 0 aliphatic rings. The minimum atomic E-state index is -0.955. The lowest BCUT2D eigenvalue weighted by atomic mass is 10.0. The third kappa shape index (κ3) is 34.0. The van der Waals surface area contributed by atoms with Gasteiger partial charge in [-0.1, -0.05) is 165 Å². The second-order valence-corrected chi connectivity index (χ2v) is 13.5. The van der Waals surface area contributed by atoms with E-state index in [2.05, 4.69) is 55.6 Å². The van der Waals surface area contributed by atoms with E-state index in [1.165, 1.54) is 109 Å². The van der Waals surface area contributed by atoms with Gasteiger partial charge in [-0.3, -0.25) is 4.79 Å². The number of amides is 1. The number of allylic oxidation sites excluding steroid dienone is 7. The molecule has 4 N–H and O–H groups in total. The summed E-state index contributed by atoms with van der Waals surface area (Å²) in [4.78, 5) is 12.4. The SMILES string of the molecule is CCCCC/C=C\C/C=C\CCCCCCCC(O)CC(=O)NC(CO)C(O)/C=C/CC/C=C/CCCCCCCCCCCCC. The summed E-state index contributed by atoms with van der Waals surface area (Å²) in [6.07, 6.45) is 46.6. The molecule has 0 aliphatic carbocycles. The molecule has 0 rings (SSSR count). The zero-order valence-electron chi connectivity index (χ0n) is 30.9. The highest BCUT2D eigenvalue weighted by atomic mass is 16.3. The van der Waals surface area contributed by atoms with Gasteiger partial charge in [0.05, 0.1) is 31.3 Å². The molecule has 0 aromatic heterocycles. The van der Waals surface area contributed by atoms with Crippen LogP contribution in [0.1, 0.15) is 187 Å². The van der Waals surface area contributed by atoms with E-state index in [0.717, 1.165) is 51.4 Å². The Morgan fingerprint density at radius 2 is 0.979 bits per heavy atom. The van der Waals surface area contributed by atoms with Crippen LogP contribution in [0.2, 0.25) is 0 Å². The largest absolute Gasteiger partial charge is 0.394 e. The Morgan fingerprint density at radius 3 is 1.53 bits per heavy atom. The first-order chi connectivity index (χ1) is 23.0. The van der Waals surface area contributed by atoms with E-state index < -0.39 is 18.2 Å². The summed E-state index contributed by atoms with van der Waals surface area (Å²) in [5.74, 6) is -0.336. The summed E-state index contributed by atoms with van der Waals surface area (Å²) >= 11 is 0. The molecule has 0 aromatic carbocycles. The van der Waals surface area contributed by atoms with Crippen molar-refractivity contribution in [3.05, 3.63) is 48.6 Å². The lowest BCUT2D eigenvalue weighted by Crippen LogP contribution is -2.45. The van der Waals surface area contributed by atoms with Gasteiger partial charge >= 0.3 is 0 Å². The molecule has 0 heterocycles. The lowest BCUT2D eigenvalue weighted by molar-refractivity contribution is -0.124. The van der Waals surface area contributed by atoms with Gasteiger partial charge < -0.3 is 20.6 Å². The topological polar surface area (TPSA) is 89.8 Å². The molecule has 0 fully saturated rings. The van der Waals surface area contributed by atoms with Gasteiger partial charge in [0.15, 0.2) is 0 Å². The molecule has 0 spiro atoms. The van der Waals surface area contributed by atoms with E-state index in [9.17, 15) is 20.1 Å². The molecule has 0 saturated heterocycles. The van der Waals surface area contributed by atoms with E-state index in [1.807, 2.05) is 6.08 Å². The maximum atomic E-state index is 12.4. The highest BCUT2D eigenvalue weighted by Crippen LogP contribution is 2.13. The molecule has 3 unspecified atom stereocenters. The smallest absolute Gasteiger partial charge is 0.222 e. The van der Waals surface area contributed by atoms with Crippen LogP contribution < -0.4 is 5.32 Å². The average Bonchev–Trinajstić information content (AvgIpc) is 3.06. The Balaban J connectivity index is 3.79. The summed E-state index contributed by atoms with van der Waals surface area (Å²) in [7, 11) is 0. The van der Waals surface area contributed by atoms with Crippen LogP contribution in [0.15, 0.2) is 48.6 Å². The molecule has 0 aliphatic heterocycles. The Morgan fingerprint density at radius 1 is 0.553 bits per heavy atom. The molecule has 3 atom stereocenters. The van der Waals surface area contributed by atoms with E-state index >= 15 is 0 Å². The minimum absolute atomic E-state index is 0.00526. The van der Waals surface area contributed by atoms with E-state index in [1.54, 1.807) is 6.08 Å². The number of unbranched alkanes of at least 4 members (excludes halogenated alkanes) is 20. The van der Waals surface area contributed by atoms with Gasteiger partial charge in [0.1, 0.15) is 0 Å². The van der Waals surface area contributed by atoms with Crippen molar-refractivity contribution in [2.75, 3.05) is 6.61 Å². The molecule has 0 saturated carbocycles. The molecule has 1 amide bonds. The lowest BCUT2D eigenvalue weighted by Gasteiger charge is -2.20. The van der Waals surface area contributed by atoms with Gasteiger partial charge in [0.2, 0.25) is 5.91 Å². The van der Waals surface area contributed by atoms with Gasteiger partial charge in [0, 0.05) is 0 Å². The van der Waals surface area contributed by atoms with Crippen molar-refractivity contribution in [2.24, 2.45) is 0 Å². The summed E-state index contributed by atoms with van der Waals surface area (Å²) < 4.78 is 0. The van der Waals surface area contributed by atoms with Crippen LogP contribution >= 0.6 is 0 Å². The molecule has 5 heteroatoms. The van der Waals surface area contributed by atoms with Crippen molar-refractivity contribution in [2.45, 2.75) is 205 Å². The minimum Gasteiger partial charge on any atom is -0.394 e. The van der Waals surface area contributed by atoms with E-state index in [4.69, 9.17) is 0 Å². The Labute approximate surface area is 291 Å². The fraction of sp³-hybridized carbons (Fsp3) is 0.786. The predicted molar refractivity (Wildman–Crippen MR) is 204 cm³/mol. The molecular formula is C42H77NO4. The third-order valence-electron chi connectivity index (χ3n) is 8.84. The number of hydrogen-bond donors (Lipinski definition) is 4. The van der Waals surface area contributed by atoms with Crippen molar-refractivity contribution in [3.8, 4) is 0 Å². The normalized spacial score (nSPS) is 14.2. The average molecular weight is 660 g/mol. The highest BCUT2D eigenvalue weighted by molar-refractivity contribution is 5.76. The number of aliphatic hydroxyl groups is 3. The van der Waals surface area contributed by atoms with Crippen molar-refractivity contribution >= 4 is 5.91 Å². The van der Waals surface area contributed by atoms with Gasteiger partial charge in [-0.25, -0.2) is 0 Å². The van der Waals surface area contributed by atoms with Gasteiger partial charge in [-0.05, 0) is 64.2 Å². The second kappa shape index (κ2) is 37.1. The molecule has 47 heavy (non-hydrogen) atoms. The van der Waals surface area contributed by atoms with Crippen LogP contribution in [0.4, 0.5) is 0 Å². The molecule has 5 nitrogen and oxygen atoms in total. The zero-order valence-corrected chi connectivity index (χ0v) is 30.9. The van der Waals surface area contributed by atoms with Gasteiger partial charge in [-0.15, -0.1) is 0 Å². The fourth-order valence-electron chi connectivity index (χ4n) is 5.74.